The van der Waals surface area contributed by atoms with Crippen molar-refractivity contribution < 1.29 is 17.9 Å². The number of amides is 1. The van der Waals surface area contributed by atoms with Crippen molar-refractivity contribution in [2.75, 3.05) is 24.1 Å². The van der Waals surface area contributed by atoms with Crippen LogP contribution < -0.4 is 9.46 Å². The zero-order valence-corrected chi connectivity index (χ0v) is 17.1. The van der Waals surface area contributed by atoms with Crippen molar-refractivity contribution in [3.8, 4) is 5.75 Å². The molecule has 7 heteroatoms. The second kappa shape index (κ2) is 8.65. The fourth-order valence-electron chi connectivity index (χ4n) is 3.33. The number of sulfonamides is 1. The number of methoxy groups -OCH3 is 1. The number of aryl methyl sites for hydroxylation is 1. The molecule has 6 nitrogen and oxygen atoms in total. The van der Waals surface area contributed by atoms with Crippen LogP contribution in [0.2, 0.25) is 0 Å². The Labute approximate surface area is 166 Å². The number of hydrogen-bond donors (Lipinski definition) is 1. The molecule has 0 atom stereocenters. The van der Waals surface area contributed by atoms with E-state index in [0.29, 0.717) is 31.6 Å². The van der Waals surface area contributed by atoms with Crippen molar-refractivity contribution in [2.24, 2.45) is 0 Å². The van der Waals surface area contributed by atoms with Crippen LogP contribution in [0.1, 0.15) is 30.0 Å². The average molecular weight is 403 g/mol. The highest BCUT2D eigenvalue weighted by Gasteiger charge is 2.20. The van der Waals surface area contributed by atoms with Gasteiger partial charge in [-0.1, -0.05) is 25.1 Å². The molecular weight excluding hydrogens is 376 g/mol. The summed E-state index contributed by atoms with van der Waals surface area (Å²) >= 11 is 0. The number of hydrogen-bond acceptors (Lipinski definition) is 4. The highest BCUT2D eigenvalue weighted by molar-refractivity contribution is 7.92. The maximum Gasteiger partial charge on any atom is 0.233 e. The molecule has 1 amide bonds. The van der Waals surface area contributed by atoms with Gasteiger partial charge in [-0.25, -0.2) is 8.42 Å². The SMILES string of the molecule is CCC(=O)N1CCc2ccc(NS(=O)(=O)CCc3ccc(OC)cc3)cc2C1. The maximum atomic E-state index is 12.5. The summed E-state index contributed by atoms with van der Waals surface area (Å²) in [5, 5.41) is 0. The number of nitrogens with zero attached hydrogens (tertiary/aromatic N) is 1. The van der Waals surface area contributed by atoms with E-state index in [9.17, 15) is 13.2 Å². The van der Waals surface area contributed by atoms with Crippen LogP contribution in [0.3, 0.4) is 0 Å². The molecular formula is C21H26N2O4S. The second-order valence-corrected chi connectivity index (χ2v) is 8.76. The van der Waals surface area contributed by atoms with E-state index in [1.54, 1.807) is 13.2 Å². The largest absolute Gasteiger partial charge is 0.497 e. The first kappa shape index (κ1) is 20.2. The average Bonchev–Trinajstić information content (AvgIpc) is 2.71. The fraction of sp³-hybridized carbons (Fsp3) is 0.381. The lowest BCUT2D eigenvalue weighted by atomic mass is 9.99. The molecule has 2 aromatic carbocycles. The van der Waals surface area contributed by atoms with Crippen LogP contribution in [-0.4, -0.2) is 38.6 Å². The van der Waals surface area contributed by atoms with Crippen molar-refractivity contribution in [3.05, 3.63) is 59.2 Å². The number of anilines is 1. The highest BCUT2D eigenvalue weighted by Crippen LogP contribution is 2.24. The Morgan fingerprint density at radius 2 is 1.89 bits per heavy atom. The number of carbonyl (C=O) groups excluding carboxylic acids is 1. The van der Waals surface area contributed by atoms with Gasteiger partial charge in [-0.15, -0.1) is 0 Å². The molecule has 0 radical (unpaired) electrons. The lowest BCUT2D eigenvalue weighted by molar-refractivity contribution is -0.131. The minimum absolute atomic E-state index is 0.00312. The molecule has 1 N–H and O–H groups in total. The first-order valence-electron chi connectivity index (χ1n) is 9.43. The monoisotopic (exact) mass is 402 g/mol. The van der Waals surface area contributed by atoms with Gasteiger partial charge in [0, 0.05) is 25.2 Å². The smallest absolute Gasteiger partial charge is 0.233 e. The van der Waals surface area contributed by atoms with Crippen LogP contribution in [0.5, 0.6) is 5.75 Å². The summed E-state index contributed by atoms with van der Waals surface area (Å²) < 4.78 is 32.7. The maximum absolute atomic E-state index is 12.5. The normalized spacial score (nSPS) is 13.7. The van der Waals surface area contributed by atoms with Crippen LogP contribution in [-0.2, 0) is 34.2 Å². The van der Waals surface area contributed by atoms with Crippen LogP contribution in [0.15, 0.2) is 42.5 Å². The molecule has 0 aliphatic carbocycles. The van der Waals surface area contributed by atoms with Gasteiger partial charge in [0.05, 0.1) is 12.9 Å². The third-order valence-electron chi connectivity index (χ3n) is 4.97. The van der Waals surface area contributed by atoms with Gasteiger partial charge in [0.25, 0.3) is 0 Å². The molecule has 1 heterocycles. The van der Waals surface area contributed by atoms with Crippen molar-refractivity contribution in [2.45, 2.75) is 32.7 Å². The molecule has 0 fully saturated rings. The van der Waals surface area contributed by atoms with Gasteiger partial charge < -0.3 is 9.64 Å². The van der Waals surface area contributed by atoms with Gasteiger partial charge in [0.1, 0.15) is 5.75 Å². The third-order valence-corrected chi connectivity index (χ3v) is 6.25. The number of fused-ring (bicyclic) bond motifs is 1. The summed E-state index contributed by atoms with van der Waals surface area (Å²) in [5.41, 5.74) is 3.65. The first-order chi connectivity index (χ1) is 13.4. The lowest BCUT2D eigenvalue weighted by Gasteiger charge is -2.29. The molecule has 28 heavy (non-hydrogen) atoms. The summed E-state index contributed by atoms with van der Waals surface area (Å²) in [6, 6.07) is 13.0. The van der Waals surface area contributed by atoms with Gasteiger partial charge in [-0.2, -0.15) is 0 Å². The number of benzene rings is 2. The van der Waals surface area contributed by atoms with Gasteiger partial charge >= 0.3 is 0 Å². The molecule has 0 saturated heterocycles. The lowest BCUT2D eigenvalue weighted by Crippen LogP contribution is -2.35. The van der Waals surface area contributed by atoms with Gasteiger partial charge in [-0.3, -0.25) is 9.52 Å². The Hall–Kier alpha value is -2.54. The fourth-order valence-corrected chi connectivity index (χ4v) is 4.42. The van der Waals surface area contributed by atoms with E-state index in [4.69, 9.17) is 4.74 Å². The number of carbonyl (C=O) groups is 1. The van der Waals surface area contributed by atoms with Crippen molar-refractivity contribution in [1.82, 2.24) is 4.90 Å². The minimum Gasteiger partial charge on any atom is -0.497 e. The molecule has 3 rings (SSSR count). The van der Waals surface area contributed by atoms with Crippen LogP contribution in [0.25, 0.3) is 0 Å². The standard InChI is InChI=1S/C21H26N2O4S/c1-3-21(24)23-12-10-17-6-7-19(14-18(17)15-23)22-28(25,26)13-11-16-4-8-20(27-2)9-5-16/h4-9,14,22H,3,10-13,15H2,1-2H3. The molecule has 2 aromatic rings. The number of rotatable bonds is 7. The molecule has 0 aromatic heterocycles. The molecule has 0 saturated carbocycles. The van der Waals surface area contributed by atoms with E-state index in [2.05, 4.69) is 4.72 Å². The highest BCUT2D eigenvalue weighted by atomic mass is 32.2. The Bertz CT molecular complexity index is 939. The first-order valence-corrected chi connectivity index (χ1v) is 11.1. The Morgan fingerprint density at radius 3 is 2.57 bits per heavy atom. The zero-order chi connectivity index (χ0) is 20.1. The van der Waals surface area contributed by atoms with Crippen molar-refractivity contribution in [1.29, 1.82) is 0 Å². The Morgan fingerprint density at radius 1 is 1.14 bits per heavy atom. The Kier molecular flexibility index (Phi) is 6.24. The quantitative estimate of drug-likeness (QED) is 0.773. The van der Waals surface area contributed by atoms with Gasteiger partial charge in [-0.05, 0) is 53.8 Å². The van der Waals surface area contributed by atoms with E-state index in [-0.39, 0.29) is 11.7 Å². The van der Waals surface area contributed by atoms with Crippen LogP contribution in [0, 0.1) is 0 Å². The number of ether oxygens (including phenoxy) is 1. The summed E-state index contributed by atoms with van der Waals surface area (Å²) in [6.45, 7) is 3.10. The molecule has 1 aliphatic rings. The third kappa shape index (κ3) is 5.04. The molecule has 0 spiro atoms. The summed E-state index contributed by atoms with van der Waals surface area (Å²) in [7, 11) is -1.87. The van der Waals surface area contributed by atoms with E-state index in [1.165, 1.54) is 5.56 Å². The minimum atomic E-state index is -3.47. The molecule has 0 unspecified atom stereocenters. The summed E-state index contributed by atoms with van der Waals surface area (Å²) in [6.07, 6.45) is 1.70. The molecule has 1 aliphatic heterocycles. The van der Waals surface area contributed by atoms with E-state index in [0.717, 1.165) is 23.3 Å². The van der Waals surface area contributed by atoms with E-state index >= 15 is 0 Å². The zero-order valence-electron chi connectivity index (χ0n) is 16.3. The van der Waals surface area contributed by atoms with Crippen molar-refractivity contribution >= 4 is 21.6 Å². The topological polar surface area (TPSA) is 75.7 Å². The second-order valence-electron chi connectivity index (χ2n) is 6.92. The van der Waals surface area contributed by atoms with Gasteiger partial charge in [0.15, 0.2) is 0 Å². The summed E-state index contributed by atoms with van der Waals surface area (Å²) in [5.74, 6) is 0.863. The van der Waals surface area contributed by atoms with Gasteiger partial charge in [0.2, 0.25) is 15.9 Å². The predicted octanol–water partition coefficient (Wildman–Crippen LogP) is 2.97. The van der Waals surface area contributed by atoms with E-state index in [1.807, 2.05) is 48.2 Å². The van der Waals surface area contributed by atoms with Crippen LogP contribution in [0.4, 0.5) is 5.69 Å². The summed E-state index contributed by atoms with van der Waals surface area (Å²) in [4.78, 5) is 13.8. The predicted molar refractivity (Wildman–Crippen MR) is 110 cm³/mol. The van der Waals surface area contributed by atoms with E-state index < -0.39 is 10.0 Å². The number of nitrogens with one attached hydrogen (secondary N) is 1. The van der Waals surface area contributed by atoms with Crippen LogP contribution >= 0.6 is 0 Å². The Balaban J connectivity index is 1.64. The molecule has 0 bridgehead atoms. The molecule has 150 valence electrons. The van der Waals surface area contributed by atoms with Crippen molar-refractivity contribution in [3.63, 3.8) is 0 Å².